The minimum Gasteiger partial charge on any atom is -0.381 e. The first-order chi connectivity index (χ1) is 23.7. The van der Waals surface area contributed by atoms with Gasteiger partial charge in [-0.15, -0.1) is 0 Å². The Bertz CT molecular complexity index is 1340. The Morgan fingerprint density at radius 3 is 1.29 bits per heavy atom. The van der Waals surface area contributed by atoms with Crippen molar-refractivity contribution in [3.8, 4) is 0 Å². The second kappa shape index (κ2) is 15.7. The molecule has 4 aliphatic rings. The fourth-order valence-electron chi connectivity index (χ4n) is 9.21. The molecular formula is C41H54N2O6. The van der Waals surface area contributed by atoms with Crippen LogP contribution in [0.5, 0.6) is 0 Å². The maximum absolute atomic E-state index is 13.7. The predicted octanol–water partition coefficient (Wildman–Crippen LogP) is 6.24. The molecular weight excluding hydrogens is 616 g/mol. The van der Waals surface area contributed by atoms with Gasteiger partial charge in [-0.3, -0.25) is 19.2 Å². The molecule has 2 heterocycles. The lowest BCUT2D eigenvalue weighted by Gasteiger charge is -2.42. The van der Waals surface area contributed by atoms with E-state index in [4.69, 9.17) is 0 Å². The number of hydrogen-bond donors (Lipinski definition) is 2. The van der Waals surface area contributed by atoms with Crippen LogP contribution in [-0.4, -0.2) is 80.8 Å². The molecule has 0 spiro atoms. The van der Waals surface area contributed by atoms with Crippen LogP contribution in [0.2, 0.25) is 0 Å². The molecule has 49 heavy (non-hydrogen) atoms. The molecule has 2 N–H and O–H groups in total. The Hall–Kier alpha value is -3.36. The van der Waals surface area contributed by atoms with E-state index in [0.717, 1.165) is 70.6 Å². The number of nitrogens with zero attached hydrogens (tertiary/aromatic N) is 2. The molecule has 264 valence electrons. The van der Waals surface area contributed by atoms with Gasteiger partial charge in [-0.05, 0) is 63.2 Å². The second-order valence-electron chi connectivity index (χ2n) is 15.3. The van der Waals surface area contributed by atoms with Crippen molar-refractivity contribution in [2.24, 2.45) is 23.7 Å². The average Bonchev–Trinajstić information content (AvgIpc) is 3.15. The maximum Gasteiger partial charge on any atom is 0.229 e. The quantitative estimate of drug-likeness (QED) is 0.289. The molecule has 0 bridgehead atoms. The number of hydrogen-bond acceptors (Lipinski definition) is 6. The highest BCUT2D eigenvalue weighted by molar-refractivity contribution is 6.06. The summed E-state index contributed by atoms with van der Waals surface area (Å²) in [6, 6.07) is 17.7. The van der Waals surface area contributed by atoms with Gasteiger partial charge in [-0.2, -0.15) is 0 Å². The van der Waals surface area contributed by atoms with E-state index >= 15 is 0 Å². The Morgan fingerprint density at radius 2 is 0.918 bits per heavy atom. The van der Waals surface area contributed by atoms with E-state index in [1.54, 1.807) is 48.5 Å². The molecule has 4 atom stereocenters. The van der Waals surface area contributed by atoms with E-state index in [1.165, 1.54) is 0 Å². The van der Waals surface area contributed by atoms with E-state index in [1.807, 2.05) is 21.9 Å². The van der Waals surface area contributed by atoms with Crippen molar-refractivity contribution in [2.45, 2.75) is 108 Å². The van der Waals surface area contributed by atoms with Gasteiger partial charge in [0.25, 0.3) is 0 Å². The molecule has 0 radical (unpaired) electrons. The van der Waals surface area contributed by atoms with Crippen LogP contribution in [-0.2, 0) is 9.59 Å². The first-order valence-electron chi connectivity index (χ1n) is 18.9. The fourth-order valence-corrected chi connectivity index (χ4v) is 9.21. The highest BCUT2D eigenvalue weighted by Gasteiger charge is 2.51. The summed E-state index contributed by atoms with van der Waals surface area (Å²) >= 11 is 0. The van der Waals surface area contributed by atoms with Crippen LogP contribution in [0.3, 0.4) is 0 Å². The van der Waals surface area contributed by atoms with Gasteiger partial charge in [0.1, 0.15) is 11.2 Å². The van der Waals surface area contributed by atoms with Gasteiger partial charge in [0.15, 0.2) is 11.6 Å². The Kier molecular flexibility index (Phi) is 11.3. The molecule has 2 aromatic carbocycles. The van der Waals surface area contributed by atoms with Crippen LogP contribution in [0.25, 0.3) is 0 Å². The summed E-state index contributed by atoms with van der Waals surface area (Å²) in [5.74, 6) is -1.03. The summed E-state index contributed by atoms with van der Waals surface area (Å²) in [4.78, 5) is 57.9. The van der Waals surface area contributed by atoms with E-state index < -0.39 is 23.0 Å². The lowest BCUT2D eigenvalue weighted by molar-refractivity contribution is -0.147. The van der Waals surface area contributed by atoms with E-state index in [9.17, 15) is 29.4 Å². The van der Waals surface area contributed by atoms with Gasteiger partial charge in [0, 0.05) is 37.3 Å². The number of carbonyl (C=O) groups is 4. The van der Waals surface area contributed by atoms with E-state index in [-0.39, 0.29) is 23.4 Å². The van der Waals surface area contributed by atoms with Crippen molar-refractivity contribution in [2.75, 3.05) is 26.2 Å². The smallest absolute Gasteiger partial charge is 0.229 e. The Labute approximate surface area is 291 Å². The van der Waals surface area contributed by atoms with E-state index in [0.29, 0.717) is 74.8 Å². The van der Waals surface area contributed by atoms with Crippen LogP contribution in [0.1, 0.15) is 117 Å². The van der Waals surface area contributed by atoms with Gasteiger partial charge in [0.05, 0.1) is 11.8 Å². The molecule has 2 saturated carbocycles. The zero-order valence-electron chi connectivity index (χ0n) is 28.9. The van der Waals surface area contributed by atoms with Crippen molar-refractivity contribution in [1.29, 1.82) is 0 Å². The van der Waals surface area contributed by atoms with Crippen molar-refractivity contribution in [3.63, 3.8) is 0 Å². The van der Waals surface area contributed by atoms with Gasteiger partial charge in [0.2, 0.25) is 11.8 Å². The highest BCUT2D eigenvalue weighted by atomic mass is 16.3. The molecule has 8 heteroatoms. The summed E-state index contributed by atoms with van der Waals surface area (Å²) in [5, 5.41) is 23.2. The largest absolute Gasteiger partial charge is 0.381 e. The summed E-state index contributed by atoms with van der Waals surface area (Å²) in [6.45, 7) is 2.71. The molecule has 2 aliphatic carbocycles. The van der Waals surface area contributed by atoms with E-state index in [2.05, 4.69) is 0 Å². The number of carbonyl (C=O) groups excluding carboxylic acids is 4. The summed E-state index contributed by atoms with van der Waals surface area (Å²) in [7, 11) is 0. The summed E-state index contributed by atoms with van der Waals surface area (Å²) in [5.41, 5.74) is -2.34. The molecule has 6 rings (SSSR count). The molecule has 8 nitrogen and oxygen atoms in total. The van der Waals surface area contributed by atoms with Crippen LogP contribution in [0, 0.1) is 23.7 Å². The molecule has 2 saturated heterocycles. The molecule has 4 unspecified atom stereocenters. The average molecular weight is 671 g/mol. The number of amides is 2. The SMILES string of the molecule is O=C(C1CCCCC1(O)C(=O)c1ccccc1)N1CCC(CCCC2CCN(C(=O)C3CCCCC3(O)C(=O)c3ccccc3)CC2)CC1. The van der Waals surface area contributed by atoms with Crippen molar-refractivity contribution in [3.05, 3.63) is 71.8 Å². The van der Waals surface area contributed by atoms with Crippen LogP contribution in [0.4, 0.5) is 0 Å². The first kappa shape index (κ1) is 35.5. The molecule has 2 aliphatic heterocycles. The molecule has 2 aromatic rings. The second-order valence-corrected chi connectivity index (χ2v) is 15.3. The third kappa shape index (κ3) is 7.70. The molecule has 0 aromatic heterocycles. The monoisotopic (exact) mass is 670 g/mol. The normalized spacial score (nSPS) is 28.6. The standard InChI is InChI=1S/C41H54N2O6/c44-36(32-14-3-1-4-15-32)40(48)24-9-7-18-34(40)38(46)42-26-20-30(21-27-42)12-11-13-31-22-28-43(29-23-31)39(47)35-19-8-10-25-41(35,49)37(45)33-16-5-2-6-17-33/h1-6,14-17,30-31,34-35,48-49H,7-13,18-29H2. The molecule has 2 amide bonds. The number of ketones is 2. The van der Waals surface area contributed by atoms with Crippen LogP contribution < -0.4 is 0 Å². The summed E-state index contributed by atoms with van der Waals surface area (Å²) in [6.07, 6.45) is 12.1. The minimum atomic E-state index is -1.63. The number of piperidine rings is 2. The topological polar surface area (TPSA) is 115 Å². The zero-order chi connectivity index (χ0) is 34.4. The first-order valence-corrected chi connectivity index (χ1v) is 18.9. The van der Waals surface area contributed by atoms with Gasteiger partial charge < -0.3 is 20.0 Å². The van der Waals surface area contributed by atoms with Gasteiger partial charge >= 0.3 is 0 Å². The lowest BCUT2D eigenvalue weighted by Crippen LogP contribution is -2.55. The lowest BCUT2D eigenvalue weighted by atomic mass is 9.70. The summed E-state index contributed by atoms with van der Waals surface area (Å²) < 4.78 is 0. The fraction of sp³-hybridized carbons (Fsp3) is 0.610. The van der Waals surface area contributed by atoms with Crippen LogP contribution >= 0.6 is 0 Å². The highest BCUT2D eigenvalue weighted by Crippen LogP contribution is 2.40. The zero-order valence-corrected chi connectivity index (χ0v) is 28.9. The third-order valence-corrected chi connectivity index (χ3v) is 12.3. The van der Waals surface area contributed by atoms with Crippen LogP contribution in [0.15, 0.2) is 60.7 Å². The van der Waals surface area contributed by atoms with Gasteiger partial charge in [-0.1, -0.05) is 106 Å². The number of likely N-dealkylation sites (tertiary alicyclic amines) is 2. The van der Waals surface area contributed by atoms with Crippen molar-refractivity contribution >= 4 is 23.4 Å². The third-order valence-electron chi connectivity index (χ3n) is 12.3. The Balaban J connectivity index is 0.934. The van der Waals surface area contributed by atoms with Crippen molar-refractivity contribution < 1.29 is 29.4 Å². The van der Waals surface area contributed by atoms with Crippen molar-refractivity contribution in [1.82, 2.24) is 9.80 Å². The number of Topliss-reactive ketones (excluding diaryl/α,β-unsaturated/α-hetero) is 2. The number of benzene rings is 2. The van der Waals surface area contributed by atoms with Gasteiger partial charge in [-0.25, -0.2) is 0 Å². The minimum absolute atomic E-state index is 0.0673. The predicted molar refractivity (Wildman–Crippen MR) is 188 cm³/mol. The molecule has 4 fully saturated rings. The number of aliphatic hydroxyl groups is 2. The Morgan fingerprint density at radius 1 is 0.551 bits per heavy atom. The maximum atomic E-state index is 13.7. The number of rotatable bonds is 10.